The minimum atomic E-state index is -1.24. The first kappa shape index (κ1) is 16.1. The van der Waals surface area contributed by atoms with E-state index in [0.717, 1.165) is 11.8 Å². The molecule has 1 aromatic carbocycles. The van der Waals surface area contributed by atoms with Crippen LogP contribution in [0.15, 0.2) is 45.7 Å². The number of amides is 2. The average molecular weight is 342 g/mol. The molecule has 1 fully saturated rings. The summed E-state index contributed by atoms with van der Waals surface area (Å²) in [6.45, 7) is 2.07. The minimum Gasteiger partial charge on any atom is -0.545 e. The highest BCUT2D eigenvalue weighted by Gasteiger charge is 2.33. The van der Waals surface area contributed by atoms with Gasteiger partial charge in [-0.25, -0.2) is 0 Å². The molecule has 0 saturated carbocycles. The molecule has 0 spiro atoms. The number of benzene rings is 1. The van der Waals surface area contributed by atoms with Gasteiger partial charge in [-0.2, -0.15) is 0 Å². The minimum absolute atomic E-state index is 0.0822. The molecule has 0 N–H and O–H groups in total. The van der Waals surface area contributed by atoms with Crippen LogP contribution in [0.4, 0.5) is 4.79 Å². The van der Waals surface area contributed by atoms with Crippen LogP contribution in [0.2, 0.25) is 0 Å². The molecule has 0 unspecified atom stereocenters. The largest absolute Gasteiger partial charge is 0.545 e. The summed E-state index contributed by atoms with van der Waals surface area (Å²) in [6, 6.07) is 9.47. The number of aromatic carboxylic acids is 1. The number of hydrogen-bond acceptors (Lipinski definition) is 6. The van der Waals surface area contributed by atoms with E-state index in [0.29, 0.717) is 28.5 Å². The van der Waals surface area contributed by atoms with E-state index in [1.807, 2.05) is 0 Å². The summed E-state index contributed by atoms with van der Waals surface area (Å²) in [5, 5.41) is 10.5. The summed E-state index contributed by atoms with van der Waals surface area (Å²) < 4.78 is 5.65. The molecule has 3 rings (SSSR count). The third-order valence-electron chi connectivity index (χ3n) is 3.50. The lowest BCUT2D eigenvalue weighted by Crippen LogP contribution is -2.27. The van der Waals surface area contributed by atoms with Crippen molar-refractivity contribution in [2.24, 2.45) is 0 Å². The number of likely N-dealkylation sites (N-methyl/N-ethyl adjacent to an activating group) is 1. The number of hydrogen-bond donors (Lipinski definition) is 0. The van der Waals surface area contributed by atoms with Crippen molar-refractivity contribution in [2.75, 3.05) is 6.54 Å². The third-order valence-corrected chi connectivity index (χ3v) is 4.40. The molecular weight excluding hydrogens is 330 g/mol. The first-order chi connectivity index (χ1) is 11.5. The fourth-order valence-electron chi connectivity index (χ4n) is 2.26. The smallest absolute Gasteiger partial charge is 0.293 e. The van der Waals surface area contributed by atoms with Gasteiger partial charge in [0, 0.05) is 18.2 Å². The van der Waals surface area contributed by atoms with Gasteiger partial charge in [-0.3, -0.25) is 14.5 Å². The molecule has 122 valence electrons. The normalized spacial score (nSPS) is 16.2. The predicted molar refractivity (Wildman–Crippen MR) is 86.8 cm³/mol. The van der Waals surface area contributed by atoms with E-state index >= 15 is 0 Å². The number of carbonyl (C=O) groups is 3. The number of rotatable bonds is 4. The lowest BCUT2D eigenvalue weighted by atomic mass is 10.1. The lowest BCUT2D eigenvalue weighted by Gasteiger charge is -2.06. The molecular formula is C17H12NO5S-. The number of carbonyl (C=O) groups excluding carboxylic acids is 3. The van der Waals surface area contributed by atoms with Gasteiger partial charge in [-0.1, -0.05) is 24.3 Å². The zero-order valence-electron chi connectivity index (χ0n) is 12.6. The highest BCUT2D eigenvalue weighted by atomic mass is 32.2. The van der Waals surface area contributed by atoms with Crippen LogP contribution in [0.1, 0.15) is 23.0 Å². The van der Waals surface area contributed by atoms with E-state index in [4.69, 9.17) is 4.42 Å². The first-order valence-electron chi connectivity index (χ1n) is 7.16. The second-order valence-electron chi connectivity index (χ2n) is 4.99. The van der Waals surface area contributed by atoms with Crippen LogP contribution >= 0.6 is 11.8 Å². The average Bonchev–Trinajstić information content (AvgIpc) is 3.13. The predicted octanol–water partition coefficient (Wildman–Crippen LogP) is 2.37. The summed E-state index contributed by atoms with van der Waals surface area (Å²) >= 11 is 0.878. The van der Waals surface area contributed by atoms with Gasteiger partial charge in [0.25, 0.3) is 11.1 Å². The van der Waals surface area contributed by atoms with Crippen LogP contribution in [0.3, 0.4) is 0 Å². The van der Waals surface area contributed by atoms with Crippen molar-refractivity contribution in [2.45, 2.75) is 6.92 Å². The molecule has 2 amide bonds. The molecule has 0 aliphatic carbocycles. The lowest BCUT2D eigenvalue weighted by molar-refractivity contribution is -0.255. The van der Waals surface area contributed by atoms with Gasteiger partial charge < -0.3 is 14.3 Å². The Balaban J connectivity index is 1.83. The molecule has 1 saturated heterocycles. The Kier molecular flexibility index (Phi) is 4.26. The van der Waals surface area contributed by atoms with Crippen LogP contribution in [-0.4, -0.2) is 28.6 Å². The Bertz CT molecular complexity index is 850. The van der Waals surface area contributed by atoms with Crippen LogP contribution in [0, 0.1) is 0 Å². The quantitative estimate of drug-likeness (QED) is 0.792. The molecule has 0 bridgehead atoms. The molecule has 7 heteroatoms. The highest BCUT2D eigenvalue weighted by molar-refractivity contribution is 8.18. The van der Waals surface area contributed by atoms with Crippen molar-refractivity contribution in [3.05, 3.63) is 52.6 Å². The van der Waals surface area contributed by atoms with Gasteiger partial charge >= 0.3 is 0 Å². The second-order valence-corrected chi connectivity index (χ2v) is 5.99. The molecule has 0 atom stereocenters. The van der Waals surface area contributed by atoms with Crippen molar-refractivity contribution in [1.82, 2.24) is 4.90 Å². The van der Waals surface area contributed by atoms with Gasteiger partial charge in [0.15, 0.2) is 0 Å². The first-order valence-corrected chi connectivity index (χ1v) is 7.98. The maximum absolute atomic E-state index is 12.0. The fraction of sp³-hybridized carbons (Fsp3) is 0.118. The number of imide groups is 1. The number of furan rings is 1. The van der Waals surface area contributed by atoms with Crippen LogP contribution in [0.5, 0.6) is 0 Å². The Morgan fingerprint density at radius 1 is 1.21 bits per heavy atom. The summed E-state index contributed by atoms with van der Waals surface area (Å²) in [6.07, 6.45) is 1.53. The summed E-state index contributed by atoms with van der Waals surface area (Å²) in [5.41, 5.74) is 0.778. The Morgan fingerprint density at radius 3 is 2.50 bits per heavy atom. The van der Waals surface area contributed by atoms with Gasteiger partial charge in [0.2, 0.25) is 0 Å². The molecule has 1 aromatic heterocycles. The Hall–Kier alpha value is -2.80. The summed E-state index contributed by atoms with van der Waals surface area (Å²) in [4.78, 5) is 35.9. The van der Waals surface area contributed by atoms with Gasteiger partial charge in [0.1, 0.15) is 11.5 Å². The van der Waals surface area contributed by atoms with E-state index in [9.17, 15) is 19.5 Å². The van der Waals surface area contributed by atoms with Gasteiger partial charge in [0.05, 0.1) is 10.9 Å². The van der Waals surface area contributed by atoms with Crippen molar-refractivity contribution in [3.8, 4) is 11.3 Å². The van der Waals surface area contributed by atoms with E-state index in [-0.39, 0.29) is 16.7 Å². The molecule has 2 heterocycles. The molecule has 2 aromatic rings. The Labute approximate surface area is 141 Å². The number of carboxylic acid groups (broad SMARTS) is 1. The highest BCUT2D eigenvalue weighted by Crippen LogP contribution is 2.33. The molecule has 1 aliphatic heterocycles. The SMILES string of the molecule is CCN1C(=O)S/C(=C/c2ccc(-c3ccc(C(=O)[O-])cc3)o2)C1=O. The van der Waals surface area contributed by atoms with Crippen molar-refractivity contribution < 1.29 is 23.9 Å². The zero-order chi connectivity index (χ0) is 17.3. The van der Waals surface area contributed by atoms with Crippen molar-refractivity contribution in [1.29, 1.82) is 0 Å². The van der Waals surface area contributed by atoms with E-state index in [2.05, 4.69) is 0 Å². The summed E-state index contributed by atoms with van der Waals surface area (Å²) in [7, 11) is 0. The molecule has 24 heavy (non-hydrogen) atoms. The maximum atomic E-state index is 12.0. The third kappa shape index (κ3) is 2.98. The van der Waals surface area contributed by atoms with E-state index < -0.39 is 5.97 Å². The number of nitrogens with zero attached hydrogens (tertiary/aromatic N) is 1. The molecule has 1 aliphatic rings. The van der Waals surface area contributed by atoms with Crippen molar-refractivity contribution in [3.63, 3.8) is 0 Å². The Morgan fingerprint density at radius 2 is 1.92 bits per heavy atom. The molecule has 0 radical (unpaired) electrons. The van der Waals surface area contributed by atoms with Crippen molar-refractivity contribution >= 4 is 35.0 Å². The topological polar surface area (TPSA) is 90.7 Å². The zero-order valence-corrected chi connectivity index (χ0v) is 13.5. The standard InChI is InChI=1S/C17H13NO5S/c1-2-18-15(19)14(24-17(18)22)9-12-7-8-13(23-12)10-3-5-11(6-4-10)16(20)21/h3-9H,2H2,1H3,(H,20,21)/p-1/b14-9+. The van der Waals surface area contributed by atoms with Crippen LogP contribution < -0.4 is 5.11 Å². The molecule has 6 nitrogen and oxygen atoms in total. The van der Waals surface area contributed by atoms with E-state index in [1.54, 1.807) is 31.2 Å². The monoisotopic (exact) mass is 342 g/mol. The number of thioether (sulfide) groups is 1. The summed E-state index contributed by atoms with van der Waals surface area (Å²) in [5.74, 6) is -0.603. The van der Waals surface area contributed by atoms with Crippen LogP contribution in [-0.2, 0) is 4.79 Å². The maximum Gasteiger partial charge on any atom is 0.293 e. The number of carboxylic acids is 1. The fourth-order valence-corrected chi connectivity index (χ4v) is 3.14. The second kappa shape index (κ2) is 6.37. The van der Waals surface area contributed by atoms with Crippen LogP contribution in [0.25, 0.3) is 17.4 Å². The van der Waals surface area contributed by atoms with E-state index in [1.165, 1.54) is 23.1 Å². The van der Waals surface area contributed by atoms with Gasteiger partial charge in [-0.15, -0.1) is 0 Å². The van der Waals surface area contributed by atoms with Gasteiger partial charge in [-0.05, 0) is 36.4 Å².